The minimum absolute atomic E-state index is 0.0225. The van der Waals surface area contributed by atoms with Gasteiger partial charge in [-0.1, -0.05) is 12.1 Å². The third-order valence-electron chi connectivity index (χ3n) is 4.45. The number of nitrogens with one attached hydrogen (secondary N) is 2. The van der Waals surface area contributed by atoms with Crippen molar-refractivity contribution in [1.82, 2.24) is 5.32 Å². The van der Waals surface area contributed by atoms with Crippen LogP contribution in [-0.4, -0.2) is 45.5 Å². The first-order valence-corrected chi connectivity index (χ1v) is 8.75. The lowest BCUT2D eigenvalue weighted by atomic mass is 9.94. The lowest BCUT2D eigenvalue weighted by molar-refractivity contribution is -0.128. The van der Waals surface area contributed by atoms with E-state index in [1.54, 1.807) is 18.2 Å². The molecule has 1 aliphatic heterocycles. The maximum Gasteiger partial charge on any atom is 0.268 e. The molecule has 3 rings (SSSR count). The second-order valence-corrected chi connectivity index (χ2v) is 7.38. The fraction of sp³-hybridized carbons (Fsp3) is 0.350. The highest BCUT2D eigenvalue weighted by atomic mass is 16.5. The van der Waals surface area contributed by atoms with E-state index in [1.165, 1.54) is 12.1 Å². The van der Waals surface area contributed by atoms with Gasteiger partial charge in [-0.05, 0) is 50.1 Å². The monoisotopic (exact) mass is 372 g/mol. The maximum absolute atomic E-state index is 12.2. The summed E-state index contributed by atoms with van der Waals surface area (Å²) in [5.41, 5.74) is 1.08. The number of carbonyl (C=O) groups excluding carboxylic acids is 1. The van der Waals surface area contributed by atoms with Gasteiger partial charge in [0.15, 0.2) is 0 Å². The van der Waals surface area contributed by atoms with Crippen LogP contribution in [0.15, 0.2) is 42.5 Å². The number of ether oxygens (including phenoxy) is 1. The fourth-order valence-corrected chi connectivity index (χ4v) is 3.04. The van der Waals surface area contributed by atoms with E-state index < -0.39 is 18.1 Å². The molecule has 1 unspecified atom stereocenters. The number of aromatic hydroxyl groups is 2. The van der Waals surface area contributed by atoms with E-state index in [9.17, 15) is 20.1 Å². The number of hydrogen-bond acceptors (Lipinski definition) is 6. The zero-order valence-electron chi connectivity index (χ0n) is 15.3. The molecule has 1 amide bonds. The number of aliphatic hydroxyl groups excluding tert-OH is 1. The van der Waals surface area contributed by atoms with Crippen LogP contribution >= 0.6 is 0 Å². The molecule has 0 bridgehead atoms. The third kappa shape index (κ3) is 4.69. The molecule has 0 spiro atoms. The second kappa shape index (κ2) is 7.46. The van der Waals surface area contributed by atoms with Crippen LogP contribution in [0.1, 0.15) is 19.4 Å². The number of anilines is 1. The Morgan fingerprint density at radius 3 is 2.52 bits per heavy atom. The molecule has 1 aliphatic rings. The minimum Gasteiger partial charge on any atom is -0.508 e. The van der Waals surface area contributed by atoms with E-state index in [0.29, 0.717) is 17.9 Å². The van der Waals surface area contributed by atoms with Crippen LogP contribution in [0.4, 0.5) is 5.69 Å². The molecule has 0 aliphatic carbocycles. The van der Waals surface area contributed by atoms with Crippen LogP contribution in [0.5, 0.6) is 17.2 Å². The summed E-state index contributed by atoms with van der Waals surface area (Å²) >= 11 is 0. The highest BCUT2D eigenvalue weighted by Crippen LogP contribution is 2.33. The van der Waals surface area contributed by atoms with Crippen LogP contribution in [0.2, 0.25) is 0 Å². The summed E-state index contributed by atoms with van der Waals surface area (Å²) in [6.07, 6.45) is -1.41. The molecule has 144 valence electrons. The first-order chi connectivity index (χ1) is 12.7. The number of aliphatic hydroxyl groups is 1. The Morgan fingerprint density at radius 1 is 1.15 bits per heavy atom. The lowest BCUT2D eigenvalue weighted by Gasteiger charge is -2.32. The highest BCUT2D eigenvalue weighted by Gasteiger charge is 2.34. The molecule has 2 aromatic carbocycles. The SMILES string of the molecule is CC(C)(Cc1ccc(O)cc1)NCC(O)[C@@H]1Oc2ccc(O)cc2NC1=O. The zero-order chi connectivity index (χ0) is 19.6. The number of fused-ring (bicyclic) bond motifs is 1. The number of phenolic OH excluding ortho intramolecular Hbond substituents is 2. The van der Waals surface area contributed by atoms with Gasteiger partial charge in [-0.2, -0.15) is 0 Å². The second-order valence-electron chi connectivity index (χ2n) is 7.38. The number of phenols is 2. The van der Waals surface area contributed by atoms with Gasteiger partial charge in [-0.15, -0.1) is 0 Å². The van der Waals surface area contributed by atoms with Gasteiger partial charge >= 0.3 is 0 Å². The van der Waals surface area contributed by atoms with Crippen molar-refractivity contribution in [1.29, 1.82) is 0 Å². The number of carbonyl (C=O) groups is 1. The third-order valence-corrected chi connectivity index (χ3v) is 4.45. The normalized spacial score (nSPS) is 17.6. The van der Waals surface area contributed by atoms with Gasteiger partial charge in [-0.25, -0.2) is 0 Å². The largest absolute Gasteiger partial charge is 0.508 e. The van der Waals surface area contributed by atoms with Crippen LogP contribution in [-0.2, 0) is 11.2 Å². The van der Waals surface area contributed by atoms with E-state index in [-0.39, 0.29) is 23.6 Å². The first-order valence-electron chi connectivity index (χ1n) is 8.75. The average Bonchev–Trinajstić information content (AvgIpc) is 2.61. The molecule has 0 radical (unpaired) electrons. The van der Waals surface area contributed by atoms with E-state index >= 15 is 0 Å². The zero-order valence-corrected chi connectivity index (χ0v) is 15.3. The molecule has 0 saturated heterocycles. The Morgan fingerprint density at radius 2 is 1.81 bits per heavy atom. The molecule has 5 N–H and O–H groups in total. The smallest absolute Gasteiger partial charge is 0.268 e. The molecule has 2 aromatic rings. The Labute approximate surface area is 157 Å². The summed E-state index contributed by atoms with van der Waals surface area (Å²) in [4.78, 5) is 12.2. The van der Waals surface area contributed by atoms with E-state index in [0.717, 1.165) is 5.56 Å². The van der Waals surface area contributed by atoms with Crippen molar-refractivity contribution >= 4 is 11.6 Å². The van der Waals surface area contributed by atoms with Crippen LogP contribution < -0.4 is 15.4 Å². The number of amides is 1. The van der Waals surface area contributed by atoms with Crippen LogP contribution in [0, 0.1) is 0 Å². The molecule has 0 saturated carbocycles. The van der Waals surface area contributed by atoms with Crippen molar-refractivity contribution in [3.05, 3.63) is 48.0 Å². The van der Waals surface area contributed by atoms with Crippen molar-refractivity contribution in [2.24, 2.45) is 0 Å². The molecule has 1 heterocycles. The van der Waals surface area contributed by atoms with E-state index in [4.69, 9.17) is 4.74 Å². The number of β-amino-alcohol motifs (C(OH)–C–C–N with tert-alkyl or cyclic N) is 1. The fourth-order valence-electron chi connectivity index (χ4n) is 3.04. The molecule has 7 nitrogen and oxygen atoms in total. The molecule has 0 aromatic heterocycles. The summed E-state index contributed by atoms with van der Waals surface area (Å²) < 4.78 is 5.62. The summed E-state index contributed by atoms with van der Waals surface area (Å²) in [6.45, 7) is 4.15. The Hall–Kier alpha value is -2.77. The quantitative estimate of drug-likeness (QED) is 0.529. The average molecular weight is 372 g/mol. The summed E-state index contributed by atoms with van der Waals surface area (Å²) in [6, 6.07) is 11.4. The molecule has 2 atom stereocenters. The van der Waals surface area contributed by atoms with Crippen LogP contribution in [0.25, 0.3) is 0 Å². The minimum atomic E-state index is -1.05. The van der Waals surface area contributed by atoms with E-state index in [1.807, 2.05) is 26.0 Å². The molecule has 7 heteroatoms. The molecular weight excluding hydrogens is 348 g/mol. The standard InChI is InChI=1S/C20H24N2O5/c1-20(2,10-12-3-5-13(23)6-4-12)21-11-16(25)18-19(26)22-15-9-14(24)7-8-17(15)27-18/h3-9,16,18,21,23-25H,10-11H2,1-2H3,(H,22,26)/t16?,18-/m0/s1. The van der Waals surface area contributed by atoms with Gasteiger partial charge in [0, 0.05) is 18.2 Å². The molecular formula is C20H24N2O5. The Kier molecular flexibility index (Phi) is 5.25. The molecule has 0 fully saturated rings. The van der Waals surface area contributed by atoms with Gasteiger partial charge < -0.3 is 30.7 Å². The van der Waals surface area contributed by atoms with Gasteiger partial charge in [0.1, 0.15) is 23.4 Å². The number of hydrogen-bond donors (Lipinski definition) is 5. The molecule has 27 heavy (non-hydrogen) atoms. The highest BCUT2D eigenvalue weighted by molar-refractivity contribution is 5.98. The van der Waals surface area contributed by atoms with Crippen molar-refractivity contribution < 1.29 is 24.9 Å². The van der Waals surface area contributed by atoms with Crippen LogP contribution in [0.3, 0.4) is 0 Å². The predicted molar refractivity (Wildman–Crippen MR) is 101 cm³/mol. The number of benzene rings is 2. The van der Waals surface area contributed by atoms with Gasteiger partial charge in [0.05, 0.1) is 5.69 Å². The number of rotatable bonds is 6. The lowest BCUT2D eigenvalue weighted by Crippen LogP contribution is -2.53. The van der Waals surface area contributed by atoms with Crippen molar-refractivity contribution in [2.45, 2.75) is 38.0 Å². The summed E-state index contributed by atoms with van der Waals surface area (Å²) in [7, 11) is 0. The summed E-state index contributed by atoms with van der Waals surface area (Å²) in [5.74, 6) is 0.182. The predicted octanol–water partition coefficient (Wildman–Crippen LogP) is 1.77. The van der Waals surface area contributed by atoms with E-state index in [2.05, 4.69) is 10.6 Å². The topological polar surface area (TPSA) is 111 Å². The Balaban J connectivity index is 1.59. The van der Waals surface area contributed by atoms with Gasteiger partial charge in [0.25, 0.3) is 5.91 Å². The Bertz CT molecular complexity index is 820. The van der Waals surface area contributed by atoms with Crippen molar-refractivity contribution in [2.75, 3.05) is 11.9 Å². The first kappa shape index (κ1) is 19.0. The maximum atomic E-state index is 12.2. The van der Waals surface area contributed by atoms with Crippen molar-refractivity contribution in [3.63, 3.8) is 0 Å². The van der Waals surface area contributed by atoms with Gasteiger partial charge in [-0.3, -0.25) is 4.79 Å². The van der Waals surface area contributed by atoms with Crippen molar-refractivity contribution in [3.8, 4) is 17.2 Å². The van der Waals surface area contributed by atoms with Gasteiger partial charge in [0.2, 0.25) is 6.10 Å². The summed E-state index contributed by atoms with van der Waals surface area (Å²) in [5, 5.41) is 35.2.